The first-order valence-electron chi connectivity index (χ1n) is 3.72. The maximum absolute atomic E-state index is 13.3. The molecule has 1 aromatic heterocycles. The van der Waals surface area contributed by atoms with E-state index in [0.717, 1.165) is 0 Å². The number of aromatic nitrogens is 1. The lowest BCUT2D eigenvalue weighted by atomic mass is 10.2. The third kappa shape index (κ3) is 1.44. The van der Waals surface area contributed by atoms with Gasteiger partial charge in [0.25, 0.3) is 0 Å². The fourth-order valence-electron chi connectivity index (χ4n) is 1.18. The summed E-state index contributed by atoms with van der Waals surface area (Å²) in [7, 11) is 0. The van der Waals surface area contributed by atoms with Crippen LogP contribution in [0.5, 0.6) is 5.75 Å². The first-order valence-corrected chi connectivity index (χ1v) is 4.89. The van der Waals surface area contributed by atoms with Gasteiger partial charge in [0, 0.05) is 9.86 Å². The molecule has 0 bridgehead atoms. The Morgan fingerprint density at radius 3 is 2.86 bits per heavy atom. The summed E-state index contributed by atoms with van der Waals surface area (Å²) < 4.78 is 13.8. The third-order valence-corrected chi connectivity index (χ3v) is 3.06. The van der Waals surface area contributed by atoms with Gasteiger partial charge in [-0.3, -0.25) is 0 Å². The number of hydrogen-bond donors (Lipinski definition) is 1. The van der Waals surface area contributed by atoms with Gasteiger partial charge in [-0.1, -0.05) is 11.6 Å². The van der Waals surface area contributed by atoms with Crippen molar-refractivity contribution in [2.45, 2.75) is 0 Å². The molecule has 0 aliphatic carbocycles. The summed E-state index contributed by atoms with van der Waals surface area (Å²) in [6.45, 7) is 0. The van der Waals surface area contributed by atoms with Crippen LogP contribution in [0.1, 0.15) is 0 Å². The van der Waals surface area contributed by atoms with Crippen molar-refractivity contribution < 1.29 is 9.50 Å². The molecule has 72 valence electrons. The van der Waals surface area contributed by atoms with Crippen LogP contribution in [0.3, 0.4) is 0 Å². The summed E-state index contributed by atoms with van der Waals surface area (Å²) >= 11 is 9.02. The molecule has 2 nitrogen and oxygen atoms in total. The minimum absolute atomic E-state index is 0.0445. The van der Waals surface area contributed by atoms with Crippen LogP contribution >= 0.6 is 27.5 Å². The van der Waals surface area contributed by atoms with Gasteiger partial charge in [0.2, 0.25) is 0 Å². The monoisotopic (exact) mass is 275 g/mol. The van der Waals surface area contributed by atoms with Crippen molar-refractivity contribution in [3.8, 4) is 5.75 Å². The SMILES string of the molecule is Oc1cnc2c(F)cc(Br)c(Cl)c2c1. The zero-order chi connectivity index (χ0) is 10.3. The molecular formula is C9H4BrClFNO. The summed E-state index contributed by atoms with van der Waals surface area (Å²) in [6, 6.07) is 2.62. The second-order valence-corrected chi connectivity index (χ2v) is 3.98. The number of aromatic hydroxyl groups is 1. The van der Waals surface area contributed by atoms with E-state index in [4.69, 9.17) is 11.6 Å². The van der Waals surface area contributed by atoms with E-state index in [0.29, 0.717) is 14.9 Å². The molecule has 0 atom stereocenters. The van der Waals surface area contributed by atoms with Gasteiger partial charge in [-0.05, 0) is 28.1 Å². The Morgan fingerprint density at radius 2 is 2.14 bits per heavy atom. The molecule has 0 radical (unpaired) electrons. The lowest BCUT2D eigenvalue weighted by Crippen LogP contribution is -1.86. The maximum atomic E-state index is 13.3. The fraction of sp³-hybridized carbons (Fsp3) is 0. The molecule has 2 rings (SSSR count). The van der Waals surface area contributed by atoms with Crippen molar-refractivity contribution >= 4 is 38.4 Å². The van der Waals surface area contributed by atoms with E-state index in [9.17, 15) is 9.50 Å². The normalized spacial score (nSPS) is 10.8. The lowest BCUT2D eigenvalue weighted by Gasteiger charge is -2.03. The molecular weight excluding hydrogens is 272 g/mol. The summed E-state index contributed by atoms with van der Waals surface area (Å²) in [4.78, 5) is 3.75. The average Bonchev–Trinajstić information content (AvgIpc) is 2.14. The van der Waals surface area contributed by atoms with Gasteiger partial charge >= 0.3 is 0 Å². The highest BCUT2D eigenvalue weighted by molar-refractivity contribution is 9.10. The van der Waals surface area contributed by atoms with Crippen molar-refractivity contribution in [3.63, 3.8) is 0 Å². The summed E-state index contributed by atoms with van der Waals surface area (Å²) in [5.41, 5.74) is 0.149. The van der Waals surface area contributed by atoms with Crippen LogP contribution in [0, 0.1) is 5.82 Å². The number of fused-ring (bicyclic) bond motifs is 1. The Balaban J connectivity index is 2.95. The van der Waals surface area contributed by atoms with Crippen molar-refractivity contribution in [1.82, 2.24) is 4.98 Å². The molecule has 5 heteroatoms. The Hall–Kier alpha value is -0.870. The van der Waals surface area contributed by atoms with Crippen LogP contribution in [-0.4, -0.2) is 10.1 Å². The molecule has 0 spiro atoms. The molecule has 0 saturated heterocycles. The molecule has 0 unspecified atom stereocenters. The zero-order valence-electron chi connectivity index (χ0n) is 6.76. The summed E-state index contributed by atoms with van der Waals surface area (Å²) in [5.74, 6) is -0.520. The van der Waals surface area contributed by atoms with E-state index in [-0.39, 0.29) is 11.3 Å². The first-order chi connectivity index (χ1) is 6.59. The molecule has 14 heavy (non-hydrogen) atoms. The van der Waals surface area contributed by atoms with Gasteiger partial charge in [-0.25, -0.2) is 9.37 Å². The number of hydrogen-bond acceptors (Lipinski definition) is 2. The van der Waals surface area contributed by atoms with Crippen molar-refractivity contribution in [3.05, 3.63) is 33.6 Å². The number of nitrogens with zero attached hydrogens (tertiary/aromatic N) is 1. The molecule has 0 aliphatic rings. The largest absolute Gasteiger partial charge is 0.506 e. The maximum Gasteiger partial charge on any atom is 0.150 e. The van der Waals surface area contributed by atoms with Crippen molar-refractivity contribution in [1.29, 1.82) is 0 Å². The number of pyridine rings is 1. The van der Waals surface area contributed by atoms with Gasteiger partial charge in [0.05, 0.1) is 11.2 Å². The number of benzene rings is 1. The Labute approximate surface area is 92.5 Å². The van der Waals surface area contributed by atoms with E-state index < -0.39 is 5.82 Å². The second-order valence-electron chi connectivity index (χ2n) is 2.74. The highest BCUT2D eigenvalue weighted by Gasteiger charge is 2.10. The first kappa shape index (κ1) is 9.68. The van der Waals surface area contributed by atoms with Crippen LogP contribution in [0.4, 0.5) is 4.39 Å². The van der Waals surface area contributed by atoms with Gasteiger partial charge < -0.3 is 5.11 Å². The molecule has 1 N–H and O–H groups in total. The highest BCUT2D eigenvalue weighted by Crippen LogP contribution is 2.33. The smallest absolute Gasteiger partial charge is 0.150 e. The van der Waals surface area contributed by atoms with Gasteiger partial charge in [-0.15, -0.1) is 0 Å². The number of halogens is 3. The quantitative estimate of drug-likeness (QED) is 0.747. The van der Waals surface area contributed by atoms with E-state index in [1.807, 2.05) is 0 Å². The Kier molecular flexibility index (Phi) is 2.33. The predicted octanol–water partition coefficient (Wildman–Crippen LogP) is 3.50. The summed E-state index contributed by atoms with van der Waals surface area (Å²) in [6.07, 6.45) is 1.18. The third-order valence-electron chi connectivity index (χ3n) is 1.80. The second kappa shape index (κ2) is 3.37. The zero-order valence-corrected chi connectivity index (χ0v) is 9.10. The predicted molar refractivity (Wildman–Crippen MR) is 56.1 cm³/mol. The molecule has 0 amide bonds. The van der Waals surface area contributed by atoms with Gasteiger partial charge in [0.15, 0.2) is 5.82 Å². The minimum atomic E-state index is -0.476. The lowest BCUT2D eigenvalue weighted by molar-refractivity contribution is 0.473. The van der Waals surface area contributed by atoms with Crippen molar-refractivity contribution in [2.75, 3.05) is 0 Å². The molecule has 0 fully saturated rings. The van der Waals surface area contributed by atoms with Crippen LogP contribution in [0.2, 0.25) is 5.02 Å². The van der Waals surface area contributed by atoms with Gasteiger partial charge in [0.1, 0.15) is 11.3 Å². The van der Waals surface area contributed by atoms with E-state index in [1.165, 1.54) is 18.3 Å². The summed E-state index contributed by atoms with van der Waals surface area (Å²) in [5, 5.41) is 9.90. The number of rotatable bonds is 0. The topological polar surface area (TPSA) is 33.1 Å². The Morgan fingerprint density at radius 1 is 1.43 bits per heavy atom. The minimum Gasteiger partial charge on any atom is -0.506 e. The molecule has 2 aromatic rings. The van der Waals surface area contributed by atoms with Gasteiger partial charge in [-0.2, -0.15) is 0 Å². The molecule has 1 aromatic carbocycles. The molecule has 1 heterocycles. The van der Waals surface area contributed by atoms with E-state index >= 15 is 0 Å². The van der Waals surface area contributed by atoms with Crippen LogP contribution in [0.15, 0.2) is 22.8 Å². The Bertz CT molecular complexity index is 518. The van der Waals surface area contributed by atoms with Crippen LogP contribution in [-0.2, 0) is 0 Å². The van der Waals surface area contributed by atoms with Crippen LogP contribution < -0.4 is 0 Å². The molecule has 0 aliphatic heterocycles. The van der Waals surface area contributed by atoms with E-state index in [1.54, 1.807) is 0 Å². The molecule has 0 saturated carbocycles. The van der Waals surface area contributed by atoms with Crippen molar-refractivity contribution in [2.24, 2.45) is 0 Å². The van der Waals surface area contributed by atoms with Crippen LogP contribution in [0.25, 0.3) is 10.9 Å². The standard InChI is InChI=1S/C9H4BrClFNO/c10-6-2-7(12)9-5(8(6)11)1-4(14)3-13-9/h1-3,14H. The highest BCUT2D eigenvalue weighted by atomic mass is 79.9. The fourth-order valence-corrected chi connectivity index (χ4v) is 1.80. The van der Waals surface area contributed by atoms with E-state index in [2.05, 4.69) is 20.9 Å². The average molecular weight is 276 g/mol.